The van der Waals surface area contributed by atoms with E-state index in [-0.39, 0.29) is 10.3 Å². The molecule has 0 saturated carbocycles. The predicted octanol–water partition coefficient (Wildman–Crippen LogP) is 4.09. The third-order valence-corrected chi connectivity index (χ3v) is 4.42. The van der Waals surface area contributed by atoms with E-state index in [1.54, 1.807) is 12.1 Å². The standard InChI is InChI=1S/C14H16BrFN2/c1-14(2)5-7-18(8-6-14)11-4-3-10(9-17)12(15)13(11)16/h3-4H,5-8H2,1-2H3. The van der Waals surface area contributed by atoms with Gasteiger partial charge in [0, 0.05) is 13.1 Å². The molecule has 0 N–H and O–H groups in total. The lowest BCUT2D eigenvalue weighted by Gasteiger charge is -2.38. The van der Waals surface area contributed by atoms with Gasteiger partial charge in [-0.15, -0.1) is 0 Å². The van der Waals surface area contributed by atoms with Crippen molar-refractivity contribution in [1.82, 2.24) is 0 Å². The zero-order valence-corrected chi connectivity index (χ0v) is 12.2. The minimum Gasteiger partial charge on any atom is -0.369 e. The highest BCUT2D eigenvalue weighted by Crippen LogP contribution is 2.35. The molecule has 0 aromatic heterocycles. The number of nitriles is 1. The van der Waals surface area contributed by atoms with Crippen molar-refractivity contribution in [3.05, 3.63) is 28.0 Å². The van der Waals surface area contributed by atoms with E-state index in [9.17, 15) is 4.39 Å². The molecule has 18 heavy (non-hydrogen) atoms. The maximum atomic E-state index is 14.2. The summed E-state index contributed by atoms with van der Waals surface area (Å²) in [6, 6.07) is 5.35. The van der Waals surface area contributed by atoms with Gasteiger partial charge < -0.3 is 4.90 Å². The van der Waals surface area contributed by atoms with E-state index in [0.717, 1.165) is 25.9 Å². The number of anilines is 1. The molecule has 1 saturated heterocycles. The van der Waals surface area contributed by atoms with Crippen LogP contribution in [0.1, 0.15) is 32.3 Å². The maximum Gasteiger partial charge on any atom is 0.161 e. The van der Waals surface area contributed by atoms with Gasteiger partial charge in [0.05, 0.1) is 15.7 Å². The second-order valence-corrected chi connectivity index (χ2v) is 6.32. The molecule has 96 valence electrons. The molecule has 0 amide bonds. The summed E-state index contributed by atoms with van der Waals surface area (Å²) >= 11 is 3.16. The van der Waals surface area contributed by atoms with E-state index in [1.807, 2.05) is 6.07 Å². The summed E-state index contributed by atoms with van der Waals surface area (Å²) in [7, 11) is 0. The van der Waals surface area contributed by atoms with E-state index in [4.69, 9.17) is 5.26 Å². The number of piperidine rings is 1. The molecule has 0 bridgehead atoms. The summed E-state index contributed by atoms with van der Waals surface area (Å²) in [5, 5.41) is 8.85. The molecular formula is C14H16BrFN2. The fourth-order valence-corrected chi connectivity index (χ4v) is 2.65. The van der Waals surface area contributed by atoms with Crippen LogP contribution in [0.4, 0.5) is 10.1 Å². The molecule has 1 aliphatic rings. The molecule has 0 aliphatic carbocycles. The van der Waals surface area contributed by atoms with Crippen LogP contribution in [-0.4, -0.2) is 13.1 Å². The van der Waals surface area contributed by atoms with Gasteiger partial charge in [-0.2, -0.15) is 5.26 Å². The van der Waals surface area contributed by atoms with Crippen molar-refractivity contribution >= 4 is 21.6 Å². The van der Waals surface area contributed by atoms with Crippen LogP contribution in [0.5, 0.6) is 0 Å². The molecule has 1 aliphatic heterocycles. The maximum absolute atomic E-state index is 14.2. The molecule has 0 radical (unpaired) electrons. The number of nitrogens with zero attached hydrogens (tertiary/aromatic N) is 2. The molecule has 1 fully saturated rings. The topological polar surface area (TPSA) is 27.0 Å². The Morgan fingerprint density at radius 2 is 1.94 bits per heavy atom. The van der Waals surface area contributed by atoms with E-state index >= 15 is 0 Å². The summed E-state index contributed by atoms with van der Waals surface area (Å²) in [6.45, 7) is 6.22. The average molecular weight is 311 g/mol. The summed E-state index contributed by atoms with van der Waals surface area (Å²) in [5.74, 6) is -0.325. The number of benzene rings is 1. The lowest BCUT2D eigenvalue weighted by Crippen LogP contribution is -2.37. The molecule has 0 unspecified atom stereocenters. The van der Waals surface area contributed by atoms with Gasteiger partial charge in [0.15, 0.2) is 5.82 Å². The Balaban J connectivity index is 2.26. The third kappa shape index (κ3) is 2.51. The van der Waals surface area contributed by atoms with Gasteiger partial charge in [-0.05, 0) is 46.3 Å². The van der Waals surface area contributed by atoms with Crippen LogP contribution in [0.3, 0.4) is 0 Å². The zero-order chi connectivity index (χ0) is 13.3. The van der Waals surface area contributed by atoms with E-state index in [0.29, 0.717) is 16.7 Å². The van der Waals surface area contributed by atoms with Crippen LogP contribution in [0, 0.1) is 22.6 Å². The van der Waals surface area contributed by atoms with Crippen molar-refractivity contribution in [3.8, 4) is 6.07 Å². The van der Waals surface area contributed by atoms with Gasteiger partial charge in [-0.1, -0.05) is 13.8 Å². The lowest BCUT2D eigenvalue weighted by atomic mass is 9.82. The Labute approximate surface area is 116 Å². The Bertz CT molecular complexity index is 495. The van der Waals surface area contributed by atoms with Gasteiger partial charge in [0.2, 0.25) is 0 Å². The molecule has 2 rings (SSSR count). The second kappa shape index (κ2) is 4.89. The molecule has 1 aromatic carbocycles. The first-order valence-electron chi connectivity index (χ1n) is 6.08. The summed E-state index contributed by atoms with van der Waals surface area (Å²) in [4.78, 5) is 2.06. The van der Waals surface area contributed by atoms with Crippen molar-refractivity contribution in [2.24, 2.45) is 5.41 Å². The minimum absolute atomic E-state index is 0.271. The minimum atomic E-state index is -0.325. The van der Waals surface area contributed by atoms with Crippen molar-refractivity contribution in [2.45, 2.75) is 26.7 Å². The fraction of sp³-hybridized carbons (Fsp3) is 0.500. The van der Waals surface area contributed by atoms with Gasteiger partial charge >= 0.3 is 0 Å². The quantitative estimate of drug-likeness (QED) is 0.781. The monoisotopic (exact) mass is 310 g/mol. The SMILES string of the molecule is CC1(C)CCN(c2ccc(C#N)c(Br)c2F)CC1. The van der Waals surface area contributed by atoms with E-state index in [1.165, 1.54) is 0 Å². The highest BCUT2D eigenvalue weighted by molar-refractivity contribution is 9.10. The normalized spacial score (nSPS) is 18.5. The molecule has 1 aromatic rings. The summed E-state index contributed by atoms with van der Waals surface area (Å²) in [5.41, 5.74) is 1.28. The highest BCUT2D eigenvalue weighted by atomic mass is 79.9. The first-order valence-corrected chi connectivity index (χ1v) is 6.87. The van der Waals surface area contributed by atoms with Crippen molar-refractivity contribution in [1.29, 1.82) is 5.26 Å². The first kappa shape index (κ1) is 13.4. The second-order valence-electron chi connectivity index (χ2n) is 5.52. The number of hydrogen-bond donors (Lipinski definition) is 0. The Morgan fingerprint density at radius 1 is 1.33 bits per heavy atom. The van der Waals surface area contributed by atoms with Crippen LogP contribution < -0.4 is 4.90 Å². The smallest absolute Gasteiger partial charge is 0.161 e. The number of hydrogen-bond acceptors (Lipinski definition) is 2. The summed E-state index contributed by atoms with van der Waals surface area (Å²) in [6.07, 6.45) is 2.12. The van der Waals surface area contributed by atoms with Crippen LogP contribution in [-0.2, 0) is 0 Å². The van der Waals surface area contributed by atoms with Crippen LogP contribution in [0.15, 0.2) is 16.6 Å². The van der Waals surface area contributed by atoms with Gasteiger partial charge in [0.25, 0.3) is 0 Å². The van der Waals surface area contributed by atoms with E-state index in [2.05, 4.69) is 34.7 Å². The summed E-state index contributed by atoms with van der Waals surface area (Å²) < 4.78 is 14.5. The van der Waals surface area contributed by atoms with Crippen LogP contribution in [0.25, 0.3) is 0 Å². The predicted molar refractivity (Wildman–Crippen MR) is 74.0 cm³/mol. The fourth-order valence-electron chi connectivity index (χ4n) is 2.22. The molecule has 0 atom stereocenters. The third-order valence-electron chi connectivity index (χ3n) is 3.64. The Morgan fingerprint density at radius 3 is 2.50 bits per heavy atom. The van der Waals surface area contributed by atoms with Crippen LogP contribution >= 0.6 is 15.9 Å². The van der Waals surface area contributed by atoms with Crippen LogP contribution in [0.2, 0.25) is 0 Å². The molecular weight excluding hydrogens is 295 g/mol. The number of rotatable bonds is 1. The van der Waals surface area contributed by atoms with E-state index < -0.39 is 0 Å². The number of halogens is 2. The Hall–Kier alpha value is -1.08. The van der Waals surface area contributed by atoms with Crippen molar-refractivity contribution in [3.63, 3.8) is 0 Å². The van der Waals surface area contributed by atoms with Crippen molar-refractivity contribution in [2.75, 3.05) is 18.0 Å². The molecule has 1 heterocycles. The zero-order valence-electron chi connectivity index (χ0n) is 10.6. The first-order chi connectivity index (χ1) is 8.44. The largest absolute Gasteiger partial charge is 0.369 e. The molecule has 2 nitrogen and oxygen atoms in total. The highest BCUT2D eigenvalue weighted by Gasteiger charge is 2.27. The average Bonchev–Trinajstić information content (AvgIpc) is 2.33. The lowest BCUT2D eigenvalue weighted by molar-refractivity contribution is 0.279. The van der Waals surface area contributed by atoms with Gasteiger partial charge in [0.1, 0.15) is 6.07 Å². The van der Waals surface area contributed by atoms with Gasteiger partial charge in [-0.3, -0.25) is 0 Å². The molecule has 4 heteroatoms. The van der Waals surface area contributed by atoms with Gasteiger partial charge in [-0.25, -0.2) is 4.39 Å². The molecule has 0 spiro atoms. The Kier molecular flexibility index (Phi) is 3.63. The van der Waals surface area contributed by atoms with Crippen molar-refractivity contribution < 1.29 is 4.39 Å².